The van der Waals surface area contributed by atoms with E-state index < -0.39 is 12.8 Å². The topological polar surface area (TPSA) is 39.1 Å². The van der Waals surface area contributed by atoms with Crippen molar-refractivity contribution in [2.24, 2.45) is 0 Å². The van der Waals surface area contributed by atoms with E-state index in [1.54, 1.807) is 10.9 Å². The van der Waals surface area contributed by atoms with Crippen LogP contribution in [-0.2, 0) is 17.8 Å². The first kappa shape index (κ1) is 16.0. The molecule has 19 heavy (non-hydrogen) atoms. The largest absolute Gasteiger partial charge is 0.411 e. The normalized spacial score (nSPS) is 12.9. The Labute approximate surface area is 110 Å². The molecule has 1 aromatic rings. The summed E-state index contributed by atoms with van der Waals surface area (Å²) in [5.74, 6) is 0. The minimum atomic E-state index is -4.28. The number of nitrogens with zero attached hydrogens (tertiary/aromatic N) is 2. The number of hydrogen-bond donors (Lipinski definition) is 1. The number of rotatable bonds is 6. The van der Waals surface area contributed by atoms with Crippen LogP contribution in [0.25, 0.3) is 0 Å². The molecule has 0 saturated carbocycles. The van der Waals surface area contributed by atoms with Gasteiger partial charge >= 0.3 is 6.18 Å². The lowest BCUT2D eigenvalue weighted by Crippen LogP contribution is -2.35. The summed E-state index contributed by atoms with van der Waals surface area (Å²) in [6, 6.07) is 1.84. The van der Waals surface area contributed by atoms with E-state index in [-0.39, 0.29) is 12.1 Å². The predicted octanol–water partition coefficient (Wildman–Crippen LogP) is 2.35. The van der Waals surface area contributed by atoms with Gasteiger partial charge in [-0.05, 0) is 26.8 Å². The van der Waals surface area contributed by atoms with Crippen LogP contribution in [0.5, 0.6) is 0 Å². The van der Waals surface area contributed by atoms with Crippen molar-refractivity contribution in [2.45, 2.75) is 45.6 Å². The lowest BCUT2D eigenvalue weighted by Gasteiger charge is -2.20. The van der Waals surface area contributed by atoms with Crippen molar-refractivity contribution in [2.75, 3.05) is 13.2 Å². The fraction of sp³-hybridized carbons (Fsp3) is 0.750. The fourth-order valence-electron chi connectivity index (χ4n) is 1.41. The molecule has 0 amide bonds. The fourth-order valence-corrected chi connectivity index (χ4v) is 1.41. The summed E-state index contributed by atoms with van der Waals surface area (Å²) in [4.78, 5) is 0. The summed E-state index contributed by atoms with van der Waals surface area (Å²) in [6.07, 6.45) is -2.65. The highest BCUT2D eigenvalue weighted by atomic mass is 19.4. The van der Waals surface area contributed by atoms with Crippen molar-refractivity contribution < 1.29 is 17.9 Å². The second-order valence-corrected chi connectivity index (χ2v) is 5.32. The van der Waals surface area contributed by atoms with Crippen molar-refractivity contribution in [1.29, 1.82) is 0 Å². The molecule has 1 rings (SSSR count). The smallest absolute Gasteiger partial charge is 0.370 e. The number of ether oxygens (including phenoxy) is 1. The molecule has 1 aromatic heterocycles. The number of aromatic nitrogens is 2. The van der Waals surface area contributed by atoms with Crippen LogP contribution in [0.3, 0.4) is 0 Å². The molecule has 4 nitrogen and oxygen atoms in total. The quantitative estimate of drug-likeness (QED) is 0.812. The van der Waals surface area contributed by atoms with Gasteiger partial charge in [-0.2, -0.15) is 18.3 Å². The summed E-state index contributed by atoms with van der Waals surface area (Å²) in [6.45, 7) is 5.82. The van der Waals surface area contributed by atoms with Crippen LogP contribution in [0.1, 0.15) is 26.5 Å². The Morgan fingerprint density at radius 2 is 2.00 bits per heavy atom. The van der Waals surface area contributed by atoms with Gasteiger partial charge in [0.05, 0.1) is 18.8 Å². The van der Waals surface area contributed by atoms with Crippen LogP contribution in [0.15, 0.2) is 12.3 Å². The molecule has 0 aliphatic rings. The lowest BCUT2D eigenvalue weighted by molar-refractivity contribution is -0.174. The molecule has 7 heteroatoms. The van der Waals surface area contributed by atoms with E-state index in [4.69, 9.17) is 0 Å². The van der Waals surface area contributed by atoms with Gasteiger partial charge in [-0.1, -0.05) is 0 Å². The second kappa shape index (κ2) is 6.38. The summed E-state index contributed by atoms with van der Waals surface area (Å²) < 4.78 is 41.9. The predicted molar refractivity (Wildman–Crippen MR) is 65.7 cm³/mol. The molecule has 0 fully saturated rings. The zero-order valence-electron chi connectivity index (χ0n) is 11.4. The molecule has 1 N–H and O–H groups in total. The van der Waals surface area contributed by atoms with Crippen LogP contribution in [0, 0.1) is 0 Å². The minimum absolute atomic E-state index is 0.0102. The molecule has 0 radical (unpaired) electrons. The van der Waals surface area contributed by atoms with Crippen molar-refractivity contribution in [3.05, 3.63) is 18.0 Å². The molecular weight excluding hydrogens is 259 g/mol. The number of alkyl halides is 3. The molecule has 0 spiro atoms. The van der Waals surface area contributed by atoms with Crippen molar-refractivity contribution in [1.82, 2.24) is 15.1 Å². The molecule has 0 aliphatic heterocycles. The van der Waals surface area contributed by atoms with E-state index in [9.17, 15) is 13.2 Å². The highest BCUT2D eigenvalue weighted by molar-refractivity contribution is 5.00. The van der Waals surface area contributed by atoms with Gasteiger partial charge in [0.1, 0.15) is 6.61 Å². The number of nitrogens with one attached hydrogen (secondary N) is 1. The average molecular weight is 279 g/mol. The highest BCUT2D eigenvalue weighted by Crippen LogP contribution is 2.14. The highest BCUT2D eigenvalue weighted by Gasteiger charge is 2.27. The summed E-state index contributed by atoms with van der Waals surface area (Å²) in [7, 11) is 0. The Morgan fingerprint density at radius 3 is 2.58 bits per heavy atom. The lowest BCUT2D eigenvalue weighted by atomic mass is 10.1. The third-order valence-electron chi connectivity index (χ3n) is 2.32. The molecule has 0 bridgehead atoms. The Bertz CT molecular complexity index is 382. The van der Waals surface area contributed by atoms with Crippen LogP contribution < -0.4 is 5.32 Å². The zero-order valence-corrected chi connectivity index (χ0v) is 11.4. The minimum Gasteiger partial charge on any atom is -0.370 e. The van der Waals surface area contributed by atoms with Gasteiger partial charge in [0, 0.05) is 18.3 Å². The maximum Gasteiger partial charge on any atom is 0.411 e. The zero-order chi connectivity index (χ0) is 14.5. The van der Waals surface area contributed by atoms with Gasteiger partial charge in [-0.3, -0.25) is 4.68 Å². The standard InChI is InChI=1S/C12H20F3N3O/c1-11(2,3)16-8-10-4-5-17-18(10)6-7-19-9-12(13,14)15/h4-5,16H,6-9H2,1-3H3. The first-order valence-corrected chi connectivity index (χ1v) is 6.07. The van der Waals surface area contributed by atoms with E-state index in [0.717, 1.165) is 5.69 Å². The van der Waals surface area contributed by atoms with E-state index in [1.165, 1.54) is 0 Å². The van der Waals surface area contributed by atoms with Crippen molar-refractivity contribution >= 4 is 0 Å². The van der Waals surface area contributed by atoms with Gasteiger partial charge in [-0.15, -0.1) is 0 Å². The Morgan fingerprint density at radius 1 is 1.32 bits per heavy atom. The molecule has 0 aromatic carbocycles. The van der Waals surface area contributed by atoms with E-state index in [1.807, 2.05) is 26.8 Å². The molecular formula is C12H20F3N3O. The van der Waals surface area contributed by atoms with Gasteiger partial charge in [0.25, 0.3) is 0 Å². The molecule has 1 heterocycles. The van der Waals surface area contributed by atoms with Crippen LogP contribution in [0.4, 0.5) is 13.2 Å². The SMILES string of the molecule is CC(C)(C)NCc1ccnn1CCOCC(F)(F)F. The Kier molecular flexibility index (Phi) is 5.37. The van der Waals surface area contributed by atoms with Crippen LogP contribution in [0.2, 0.25) is 0 Å². The van der Waals surface area contributed by atoms with E-state index in [2.05, 4.69) is 15.2 Å². The van der Waals surface area contributed by atoms with Gasteiger partial charge < -0.3 is 10.1 Å². The monoisotopic (exact) mass is 279 g/mol. The first-order valence-electron chi connectivity index (χ1n) is 6.07. The third kappa shape index (κ3) is 7.17. The van der Waals surface area contributed by atoms with Crippen LogP contribution >= 0.6 is 0 Å². The van der Waals surface area contributed by atoms with Crippen molar-refractivity contribution in [3.8, 4) is 0 Å². The average Bonchev–Trinajstić information content (AvgIpc) is 2.66. The summed E-state index contributed by atoms with van der Waals surface area (Å²) >= 11 is 0. The Hall–Kier alpha value is -1.08. The molecule has 0 aliphatic carbocycles. The van der Waals surface area contributed by atoms with Gasteiger partial charge in [0.2, 0.25) is 0 Å². The van der Waals surface area contributed by atoms with Crippen LogP contribution in [-0.4, -0.2) is 34.7 Å². The molecule has 0 atom stereocenters. The summed E-state index contributed by atoms with van der Waals surface area (Å²) in [5, 5.41) is 7.36. The first-order chi connectivity index (χ1) is 8.67. The third-order valence-corrected chi connectivity index (χ3v) is 2.32. The molecule has 0 saturated heterocycles. The molecule has 0 unspecified atom stereocenters. The number of hydrogen-bond acceptors (Lipinski definition) is 3. The second-order valence-electron chi connectivity index (χ2n) is 5.32. The van der Waals surface area contributed by atoms with E-state index >= 15 is 0 Å². The maximum absolute atomic E-state index is 11.9. The molecule has 110 valence electrons. The van der Waals surface area contributed by atoms with E-state index in [0.29, 0.717) is 13.1 Å². The maximum atomic E-state index is 11.9. The van der Waals surface area contributed by atoms with Crippen molar-refractivity contribution in [3.63, 3.8) is 0 Å². The summed E-state index contributed by atoms with van der Waals surface area (Å²) in [5.41, 5.74) is 0.896. The van der Waals surface area contributed by atoms with Gasteiger partial charge in [-0.25, -0.2) is 0 Å². The van der Waals surface area contributed by atoms with Gasteiger partial charge in [0.15, 0.2) is 0 Å². The Balaban J connectivity index is 2.37. The number of halogens is 3.